The van der Waals surface area contributed by atoms with E-state index in [-0.39, 0.29) is 16.8 Å². The molecule has 5 aromatic rings. The summed E-state index contributed by atoms with van der Waals surface area (Å²) in [6.45, 7) is 0. The molecule has 1 amide bonds. The van der Waals surface area contributed by atoms with Crippen molar-refractivity contribution < 1.29 is 9.90 Å². The summed E-state index contributed by atoms with van der Waals surface area (Å²) in [5.41, 5.74) is 3.07. The molecule has 38 heavy (non-hydrogen) atoms. The Kier molecular flexibility index (Phi) is 5.89. The van der Waals surface area contributed by atoms with Gasteiger partial charge in [-0.3, -0.25) is 19.7 Å². The molecule has 0 unspecified atom stereocenters. The molecule has 12 nitrogen and oxygen atoms in total. The van der Waals surface area contributed by atoms with E-state index < -0.39 is 6.09 Å². The molecule has 4 aromatic heterocycles. The fraction of sp³-hybridized carbons (Fsp3) is 0.125. The molecule has 190 valence electrons. The van der Waals surface area contributed by atoms with Crippen molar-refractivity contribution in [1.29, 1.82) is 0 Å². The highest BCUT2D eigenvalue weighted by Crippen LogP contribution is 2.32. The number of hydrogen-bond acceptors (Lipinski definition) is 7. The molecule has 5 heterocycles. The van der Waals surface area contributed by atoms with Crippen molar-refractivity contribution in [3.8, 4) is 28.3 Å². The number of anilines is 1. The number of carbonyl (C=O) groups is 1. The average molecular weight is 550 g/mol. The molecule has 14 heteroatoms. The van der Waals surface area contributed by atoms with Crippen LogP contribution in [-0.2, 0) is 6.42 Å². The molecular weight excluding hydrogens is 533 g/mol. The molecule has 1 aliphatic heterocycles. The second-order valence-electron chi connectivity index (χ2n) is 8.51. The zero-order valence-electron chi connectivity index (χ0n) is 19.3. The fourth-order valence-electron chi connectivity index (χ4n) is 4.50. The monoisotopic (exact) mass is 549 g/mol. The van der Waals surface area contributed by atoms with E-state index in [4.69, 9.17) is 33.3 Å². The number of halogens is 2. The lowest BCUT2D eigenvalue weighted by molar-refractivity contribution is 0.209. The van der Waals surface area contributed by atoms with Crippen LogP contribution >= 0.6 is 23.2 Å². The van der Waals surface area contributed by atoms with E-state index in [0.717, 1.165) is 0 Å². The van der Waals surface area contributed by atoms with Crippen LogP contribution in [0.25, 0.3) is 28.3 Å². The number of aryl methyl sites for hydroxylation is 1. The summed E-state index contributed by atoms with van der Waals surface area (Å²) in [4.78, 5) is 41.0. The predicted octanol–water partition coefficient (Wildman–Crippen LogP) is 4.21. The predicted molar refractivity (Wildman–Crippen MR) is 139 cm³/mol. The van der Waals surface area contributed by atoms with Gasteiger partial charge in [0.1, 0.15) is 11.6 Å². The topological polar surface area (TPSA) is 156 Å². The Morgan fingerprint density at radius 2 is 1.97 bits per heavy atom. The van der Waals surface area contributed by atoms with E-state index in [1.165, 1.54) is 16.9 Å². The van der Waals surface area contributed by atoms with Crippen LogP contribution in [0.2, 0.25) is 10.2 Å². The maximum Gasteiger partial charge on any atom is 0.409 e. The molecule has 0 saturated heterocycles. The number of aromatic nitrogens is 8. The molecule has 1 aromatic carbocycles. The molecule has 0 bridgehead atoms. The van der Waals surface area contributed by atoms with Crippen LogP contribution in [0.15, 0.2) is 59.8 Å². The second kappa shape index (κ2) is 9.39. The van der Waals surface area contributed by atoms with Crippen molar-refractivity contribution in [3.63, 3.8) is 0 Å². The molecule has 0 radical (unpaired) electrons. The lowest BCUT2D eigenvalue weighted by Crippen LogP contribution is -2.25. The third kappa shape index (κ3) is 4.40. The van der Waals surface area contributed by atoms with E-state index in [1.54, 1.807) is 47.3 Å². The Labute approximate surface area is 223 Å². The van der Waals surface area contributed by atoms with Gasteiger partial charge >= 0.3 is 6.09 Å². The third-order valence-corrected chi connectivity index (χ3v) is 6.54. The maximum absolute atomic E-state index is 13.4. The van der Waals surface area contributed by atoms with Crippen molar-refractivity contribution in [2.45, 2.75) is 18.9 Å². The first kappa shape index (κ1) is 23.8. The minimum absolute atomic E-state index is 0.227. The zero-order chi connectivity index (χ0) is 26.4. The van der Waals surface area contributed by atoms with Crippen molar-refractivity contribution in [1.82, 2.24) is 39.5 Å². The molecule has 0 fully saturated rings. The van der Waals surface area contributed by atoms with Crippen LogP contribution in [0.1, 0.15) is 24.1 Å². The SMILES string of the molecule is O=C(O)Nc1ccc(-c2cnc([C@@H]3CCc4nc(-c5cc(Cl)ccc5-n5cc(Cl)nn5)cc(=O)n43)[nH]2)nc1. The van der Waals surface area contributed by atoms with Gasteiger partial charge in [-0.2, -0.15) is 0 Å². The number of hydrogen-bond donors (Lipinski definition) is 3. The number of fused-ring (bicyclic) bond motifs is 1. The molecule has 0 saturated carbocycles. The molecule has 0 spiro atoms. The van der Waals surface area contributed by atoms with Gasteiger partial charge in [0.05, 0.1) is 53.1 Å². The lowest BCUT2D eigenvalue weighted by Gasteiger charge is -2.14. The van der Waals surface area contributed by atoms with Crippen molar-refractivity contribution in [2.24, 2.45) is 0 Å². The number of H-pyrrole nitrogens is 1. The second-order valence-corrected chi connectivity index (χ2v) is 9.34. The van der Waals surface area contributed by atoms with E-state index in [9.17, 15) is 9.59 Å². The van der Waals surface area contributed by atoms with E-state index in [1.807, 2.05) is 0 Å². The van der Waals surface area contributed by atoms with Crippen molar-refractivity contribution >= 4 is 35.0 Å². The number of amides is 1. The minimum atomic E-state index is -1.17. The highest BCUT2D eigenvalue weighted by atomic mass is 35.5. The summed E-state index contributed by atoms with van der Waals surface area (Å²) in [5, 5.41) is 19.7. The molecule has 1 atom stereocenters. The van der Waals surface area contributed by atoms with Gasteiger partial charge < -0.3 is 10.1 Å². The number of imidazole rings is 1. The number of benzene rings is 1. The van der Waals surface area contributed by atoms with Gasteiger partial charge in [-0.25, -0.2) is 19.4 Å². The summed E-state index contributed by atoms with van der Waals surface area (Å²) in [6, 6.07) is 9.63. The number of pyridine rings is 1. The van der Waals surface area contributed by atoms with Gasteiger partial charge in [0.25, 0.3) is 5.56 Å². The van der Waals surface area contributed by atoms with Crippen molar-refractivity contribution in [3.05, 3.63) is 87.2 Å². The molecule has 6 rings (SSSR count). The summed E-state index contributed by atoms with van der Waals surface area (Å²) in [7, 11) is 0. The smallest absolute Gasteiger partial charge is 0.409 e. The van der Waals surface area contributed by atoms with Gasteiger partial charge in [0.15, 0.2) is 5.15 Å². The van der Waals surface area contributed by atoms with Gasteiger partial charge in [0, 0.05) is 23.1 Å². The molecule has 0 aliphatic carbocycles. The fourth-order valence-corrected chi connectivity index (χ4v) is 4.80. The van der Waals surface area contributed by atoms with Crippen LogP contribution in [0.5, 0.6) is 0 Å². The Hall–Kier alpha value is -4.55. The van der Waals surface area contributed by atoms with Crippen LogP contribution in [-0.4, -0.2) is 50.7 Å². The quantitative estimate of drug-likeness (QED) is 0.294. The Balaban J connectivity index is 1.33. The van der Waals surface area contributed by atoms with Gasteiger partial charge in [-0.15, -0.1) is 5.10 Å². The first-order valence-corrected chi connectivity index (χ1v) is 12.1. The molecular formula is C24H17Cl2N9O3. The number of nitrogens with one attached hydrogen (secondary N) is 2. The normalized spacial score (nSPS) is 14.4. The first-order valence-electron chi connectivity index (χ1n) is 11.4. The third-order valence-electron chi connectivity index (χ3n) is 6.13. The Bertz CT molecular complexity index is 1740. The largest absolute Gasteiger partial charge is 0.465 e. The summed E-state index contributed by atoms with van der Waals surface area (Å²) < 4.78 is 3.14. The number of aromatic amines is 1. The maximum atomic E-state index is 13.4. The van der Waals surface area contributed by atoms with Crippen LogP contribution in [0.4, 0.5) is 10.5 Å². The van der Waals surface area contributed by atoms with E-state index >= 15 is 0 Å². The molecule has 3 N–H and O–H groups in total. The summed E-state index contributed by atoms with van der Waals surface area (Å²) in [5.74, 6) is 1.23. The Morgan fingerprint density at radius 3 is 2.71 bits per heavy atom. The minimum Gasteiger partial charge on any atom is -0.465 e. The van der Waals surface area contributed by atoms with Gasteiger partial charge in [-0.1, -0.05) is 28.4 Å². The van der Waals surface area contributed by atoms with Gasteiger partial charge in [0.2, 0.25) is 0 Å². The number of nitrogens with zero attached hydrogens (tertiary/aromatic N) is 7. The molecule has 1 aliphatic rings. The van der Waals surface area contributed by atoms with Gasteiger partial charge in [-0.05, 0) is 36.8 Å². The lowest BCUT2D eigenvalue weighted by atomic mass is 10.1. The first-order chi connectivity index (χ1) is 18.4. The van der Waals surface area contributed by atoms with Crippen LogP contribution < -0.4 is 10.9 Å². The summed E-state index contributed by atoms with van der Waals surface area (Å²) >= 11 is 12.2. The standard InChI is InChI=1S/C24H17Cl2N9O3/c25-12-1-4-18(34-11-20(26)32-33-34)14(7-12)16-8-22(36)35-19(5-6-21(35)30-16)23-28-10-17(31-23)15-3-2-13(9-27-15)29-24(37)38/h1-4,7-11,19,29H,5-6H2,(H,28,31)(H,37,38)/t19-/m0/s1. The highest BCUT2D eigenvalue weighted by molar-refractivity contribution is 6.31. The van der Waals surface area contributed by atoms with Crippen LogP contribution in [0, 0.1) is 0 Å². The zero-order valence-corrected chi connectivity index (χ0v) is 20.8. The Morgan fingerprint density at radius 1 is 1.11 bits per heavy atom. The number of rotatable bonds is 5. The van der Waals surface area contributed by atoms with Crippen molar-refractivity contribution in [2.75, 3.05) is 5.32 Å². The number of carboxylic acid groups (broad SMARTS) is 1. The van der Waals surface area contributed by atoms with Crippen LogP contribution in [0.3, 0.4) is 0 Å². The van der Waals surface area contributed by atoms with E-state index in [2.05, 4.69) is 30.6 Å². The summed E-state index contributed by atoms with van der Waals surface area (Å²) in [6.07, 6.45) is 4.65. The highest BCUT2D eigenvalue weighted by Gasteiger charge is 2.29. The van der Waals surface area contributed by atoms with E-state index in [0.29, 0.717) is 63.5 Å². The average Bonchev–Trinajstić information content (AvgIpc) is 3.64.